The lowest BCUT2D eigenvalue weighted by Gasteiger charge is -2.22. The Labute approximate surface area is 160 Å². The third-order valence-corrected chi connectivity index (χ3v) is 4.54. The fourth-order valence-electron chi connectivity index (χ4n) is 2.93. The average Bonchev–Trinajstić information content (AvgIpc) is 3.51. The van der Waals surface area contributed by atoms with Crippen LogP contribution in [0.15, 0.2) is 54.6 Å². The molecule has 1 fully saturated rings. The Balaban J connectivity index is 1.62. The first-order valence-corrected chi connectivity index (χ1v) is 9.53. The molecule has 0 saturated heterocycles. The number of rotatable bonds is 9. The highest BCUT2D eigenvalue weighted by Gasteiger charge is 2.26. The van der Waals surface area contributed by atoms with Crippen LogP contribution in [0.1, 0.15) is 36.5 Å². The van der Waals surface area contributed by atoms with E-state index in [0.29, 0.717) is 22.9 Å². The summed E-state index contributed by atoms with van der Waals surface area (Å²) < 4.78 is 5.74. The van der Waals surface area contributed by atoms with Gasteiger partial charge in [-0.1, -0.05) is 37.3 Å². The minimum atomic E-state index is -0.257. The predicted molar refractivity (Wildman–Crippen MR) is 106 cm³/mol. The zero-order chi connectivity index (χ0) is 19.1. The summed E-state index contributed by atoms with van der Waals surface area (Å²) in [6.07, 6.45) is 3.34. The number of benzene rings is 2. The number of ether oxygens (including phenoxy) is 1. The molecule has 0 atom stereocenters. The third-order valence-electron chi connectivity index (χ3n) is 4.54. The van der Waals surface area contributed by atoms with Gasteiger partial charge in [0.05, 0.1) is 5.56 Å². The van der Waals surface area contributed by atoms with Crippen molar-refractivity contribution in [3.05, 3.63) is 60.2 Å². The topological polar surface area (TPSA) is 58.6 Å². The molecule has 0 spiro atoms. The average molecular weight is 366 g/mol. The highest BCUT2D eigenvalue weighted by atomic mass is 16.5. The Morgan fingerprint density at radius 3 is 2.48 bits per heavy atom. The van der Waals surface area contributed by atoms with Gasteiger partial charge in [-0.25, -0.2) is 0 Å². The molecule has 0 aromatic heterocycles. The second kappa shape index (κ2) is 9.21. The van der Waals surface area contributed by atoms with Crippen LogP contribution in [-0.2, 0) is 4.79 Å². The number of para-hydroxylation sites is 2. The molecule has 2 aromatic carbocycles. The van der Waals surface area contributed by atoms with Crippen LogP contribution < -0.4 is 10.1 Å². The van der Waals surface area contributed by atoms with E-state index in [9.17, 15) is 9.59 Å². The highest BCUT2D eigenvalue weighted by molar-refractivity contribution is 6.06. The molecule has 3 rings (SSSR count). The van der Waals surface area contributed by atoms with Gasteiger partial charge in [-0.2, -0.15) is 0 Å². The smallest absolute Gasteiger partial charge is 0.260 e. The van der Waals surface area contributed by atoms with Gasteiger partial charge in [0.1, 0.15) is 5.75 Å². The van der Waals surface area contributed by atoms with Gasteiger partial charge in [0.2, 0.25) is 0 Å². The Hall–Kier alpha value is -2.82. The summed E-state index contributed by atoms with van der Waals surface area (Å²) in [6.45, 7) is 3.57. The Bertz CT molecular complexity index is 772. The summed E-state index contributed by atoms with van der Waals surface area (Å²) in [4.78, 5) is 27.0. The largest absolute Gasteiger partial charge is 0.483 e. The van der Waals surface area contributed by atoms with Crippen molar-refractivity contribution in [2.75, 3.05) is 25.0 Å². The maximum atomic E-state index is 12.6. The van der Waals surface area contributed by atoms with Gasteiger partial charge in [-0.15, -0.1) is 0 Å². The minimum absolute atomic E-state index is 0.0259. The van der Waals surface area contributed by atoms with Crippen molar-refractivity contribution in [1.29, 1.82) is 0 Å². The van der Waals surface area contributed by atoms with Gasteiger partial charge in [-0.3, -0.25) is 9.59 Å². The van der Waals surface area contributed by atoms with E-state index in [2.05, 4.69) is 12.2 Å². The van der Waals surface area contributed by atoms with E-state index < -0.39 is 0 Å². The monoisotopic (exact) mass is 366 g/mol. The van der Waals surface area contributed by atoms with Gasteiger partial charge >= 0.3 is 0 Å². The van der Waals surface area contributed by atoms with Gasteiger partial charge in [-0.05, 0) is 49.4 Å². The highest BCUT2D eigenvalue weighted by Crippen LogP contribution is 2.30. The Morgan fingerprint density at radius 1 is 1.07 bits per heavy atom. The molecule has 2 amide bonds. The van der Waals surface area contributed by atoms with E-state index in [1.54, 1.807) is 24.3 Å². The lowest BCUT2D eigenvalue weighted by Crippen LogP contribution is -2.37. The maximum absolute atomic E-state index is 12.6. The summed E-state index contributed by atoms with van der Waals surface area (Å²) in [6, 6.07) is 16.3. The molecule has 1 saturated carbocycles. The summed E-state index contributed by atoms with van der Waals surface area (Å²) in [5.41, 5.74) is 1.13. The first-order chi connectivity index (χ1) is 13.2. The first kappa shape index (κ1) is 19.0. The van der Waals surface area contributed by atoms with Crippen molar-refractivity contribution in [2.45, 2.75) is 26.2 Å². The van der Waals surface area contributed by atoms with Crippen molar-refractivity contribution < 1.29 is 14.3 Å². The van der Waals surface area contributed by atoms with Crippen LogP contribution in [0.25, 0.3) is 0 Å². The van der Waals surface area contributed by atoms with Crippen LogP contribution in [0, 0.1) is 5.92 Å². The van der Waals surface area contributed by atoms with Gasteiger partial charge in [0, 0.05) is 18.8 Å². The molecule has 0 aliphatic heterocycles. The number of amides is 2. The molecular weight excluding hydrogens is 340 g/mol. The fourth-order valence-corrected chi connectivity index (χ4v) is 2.93. The van der Waals surface area contributed by atoms with E-state index in [1.165, 1.54) is 12.8 Å². The number of nitrogens with one attached hydrogen (secondary N) is 1. The van der Waals surface area contributed by atoms with E-state index in [0.717, 1.165) is 19.5 Å². The van der Waals surface area contributed by atoms with Crippen LogP contribution in [0.2, 0.25) is 0 Å². The SMILES string of the molecule is CCCN(CC1CC1)C(=O)COc1ccccc1C(=O)Nc1ccccc1. The normalized spacial score (nSPS) is 13.1. The van der Waals surface area contributed by atoms with Crippen molar-refractivity contribution in [1.82, 2.24) is 4.90 Å². The van der Waals surface area contributed by atoms with Crippen molar-refractivity contribution in [2.24, 2.45) is 5.92 Å². The molecule has 1 aliphatic carbocycles. The molecule has 142 valence electrons. The molecule has 27 heavy (non-hydrogen) atoms. The van der Waals surface area contributed by atoms with Gasteiger partial charge in [0.15, 0.2) is 6.61 Å². The van der Waals surface area contributed by atoms with Crippen LogP contribution in [0.4, 0.5) is 5.69 Å². The Morgan fingerprint density at radius 2 is 1.78 bits per heavy atom. The van der Waals surface area contributed by atoms with Crippen molar-refractivity contribution in [3.8, 4) is 5.75 Å². The second-order valence-electron chi connectivity index (χ2n) is 6.89. The molecule has 0 heterocycles. The first-order valence-electron chi connectivity index (χ1n) is 9.53. The Kier molecular flexibility index (Phi) is 6.47. The maximum Gasteiger partial charge on any atom is 0.260 e. The van der Waals surface area contributed by atoms with E-state index in [1.807, 2.05) is 35.2 Å². The molecule has 0 unspecified atom stereocenters. The number of nitrogens with zero attached hydrogens (tertiary/aromatic N) is 1. The van der Waals surface area contributed by atoms with Crippen LogP contribution in [0.5, 0.6) is 5.75 Å². The van der Waals surface area contributed by atoms with Crippen molar-refractivity contribution in [3.63, 3.8) is 0 Å². The van der Waals surface area contributed by atoms with Gasteiger partial charge in [0.25, 0.3) is 11.8 Å². The standard InChI is InChI=1S/C22H26N2O3/c1-2-14-24(15-17-12-13-17)21(25)16-27-20-11-7-6-10-19(20)22(26)23-18-8-4-3-5-9-18/h3-11,17H,2,12-16H2,1H3,(H,23,26). The molecule has 1 aliphatic rings. The molecular formula is C22H26N2O3. The zero-order valence-electron chi connectivity index (χ0n) is 15.7. The second-order valence-corrected chi connectivity index (χ2v) is 6.89. The minimum Gasteiger partial charge on any atom is -0.483 e. The quantitative estimate of drug-likeness (QED) is 0.731. The van der Waals surface area contributed by atoms with Crippen LogP contribution >= 0.6 is 0 Å². The van der Waals surface area contributed by atoms with E-state index in [-0.39, 0.29) is 18.4 Å². The fraction of sp³-hybridized carbons (Fsp3) is 0.364. The van der Waals surface area contributed by atoms with Crippen molar-refractivity contribution >= 4 is 17.5 Å². The summed E-state index contributed by atoms with van der Waals surface area (Å²) in [5.74, 6) is 0.779. The predicted octanol–water partition coefficient (Wildman–Crippen LogP) is 3.97. The number of carbonyl (C=O) groups excluding carboxylic acids is 2. The summed E-state index contributed by atoms with van der Waals surface area (Å²) >= 11 is 0. The van der Waals surface area contributed by atoms with E-state index in [4.69, 9.17) is 4.74 Å². The number of hydrogen-bond donors (Lipinski definition) is 1. The molecule has 5 heteroatoms. The molecule has 1 N–H and O–H groups in total. The molecule has 2 aromatic rings. The van der Waals surface area contributed by atoms with E-state index >= 15 is 0 Å². The summed E-state index contributed by atoms with van der Waals surface area (Å²) in [5, 5.41) is 2.85. The molecule has 0 bridgehead atoms. The lowest BCUT2D eigenvalue weighted by molar-refractivity contribution is -0.133. The van der Waals surface area contributed by atoms with Gasteiger partial charge < -0.3 is 15.0 Å². The third kappa shape index (κ3) is 5.58. The van der Waals surface area contributed by atoms with Crippen LogP contribution in [-0.4, -0.2) is 36.4 Å². The van der Waals surface area contributed by atoms with Crippen LogP contribution in [0.3, 0.4) is 0 Å². The molecule has 0 radical (unpaired) electrons. The number of anilines is 1. The lowest BCUT2D eigenvalue weighted by atomic mass is 10.2. The number of hydrogen-bond acceptors (Lipinski definition) is 3. The number of carbonyl (C=O) groups is 2. The summed E-state index contributed by atoms with van der Waals surface area (Å²) in [7, 11) is 0. The molecule has 5 nitrogen and oxygen atoms in total. The zero-order valence-corrected chi connectivity index (χ0v) is 15.7.